The van der Waals surface area contributed by atoms with Gasteiger partial charge in [-0.2, -0.15) is 17.5 Å². The number of nitrogens with one attached hydrogen (secondary N) is 1. The van der Waals surface area contributed by atoms with Crippen molar-refractivity contribution in [3.05, 3.63) is 35.5 Å². The van der Waals surface area contributed by atoms with Gasteiger partial charge in [-0.05, 0) is 24.5 Å². The fourth-order valence-corrected chi connectivity index (χ4v) is 8.36. The zero-order valence-electron chi connectivity index (χ0n) is 21.1. The SMILES string of the molecule is O=C(Nc1nccs1)[C@H](CC1CCCCC1)N1CCN(S(=O)(=O)c2ccc(-c3cc(C(F)(F)F)on3)s2)CC1=O. The first-order valence-corrected chi connectivity index (χ1v) is 15.8. The first kappa shape index (κ1) is 28.7. The normalized spacial score (nSPS) is 18.7. The molecule has 0 aromatic carbocycles. The maximum atomic E-state index is 13.3. The van der Waals surface area contributed by atoms with Crippen molar-refractivity contribution in [3.63, 3.8) is 0 Å². The minimum atomic E-state index is -4.72. The zero-order valence-corrected chi connectivity index (χ0v) is 23.5. The van der Waals surface area contributed by atoms with Gasteiger partial charge < -0.3 is 14.7 Å². The fourth-order valence-electron chi connectivity index (χ4n) is 5.04. The van der Waals surface area contributed by atoms with E-state index in [9.17, 15) is 31.2 Å². The van der Waals surface area contributed by atoms with E-state index in [4.69, 9.17) is 0 Å². The summed E-state index contributed by atoms with van der Waals surface area (Å²) < 4.78 is 70.5. The molecule has 2 amide bonds. The summed E-state index contributed by atoms with van der Waals surface area (Å²) >= 11 is 2.00. The average Bonchev–Trinajstić information content (AvgIpc) is 3.69. The van der Waals surface area contributed by atoms with Crippen LogP contribution < -0.4 is 5.32 Å². The molecule has 1 saturated carbocycles. The van der Waals surface area contributed by atoms with Gasteiger partial charge in [0.05, 0.1) is 11.4 Å². The summed E-state index contributed by atoms with van der Waals surface area (Å²) in [5, 5.41) is 8.34. The van der Waals surface area contributed by atoms with Crippen LogP contribution in [-0.2, 0) is 25.8 Å². The van der Waals surface area contributed by atoms with Gasteiger partial charge in [0.15, 0.2) is 5.13 Å². The predicted octanol–water partition coefficient (Wildman–Crippen LogP) is 4.69. The Morgan fingerprint density at radius 1 is 1.20 bits per heavy atom. The van der Waals surface area contributed by atoms with E-state index in [1.165, 1.54) is 28.4 Å². The number of thiophene rings is 1. The molecule has 3 aromatic rings. The summed E-state index contributed by atoms with van der Waals surface area (Å²) in [6.07, 6.45) is 2.57. The van der Waals surface area contributed by atoms with E-state index in [0.29, 0.717) is 17.6 Å². The molecule has 0 spiro atoms. The summed E-state index contributed by atoms with van der Waals surface area (Å²) in [6, 6.07) is 2.55. The molecule has 1 saturated heterocycles. The highest BCUT2D eigenvalue weighted by atomic mass is 32.2. The van der Waals surface area contributed by atoms with Crippen LogP contribution in [0.3, 0.4) is 0 Å². The van der Waals surface area contributed by atoms with E-state index >= 15 is 0 Å². The Bertz CT molecular complexity index is 1450. The van der Waals surface area contributed by atoms with Crippen LogP contribution in [0.1, 0.15) is 44.3 Å². The molecule has 1 aliphatic heterocycles. The number of alkyl halides is 3. The van der Waals surface area contributed by atoms with Gasteiger partial charge >= 0.3 is 6.18 Å². The quantitative estimate of drug-likeness (QED) is 0.389. The second-order valence-corrected chi connectivity index (χ2v) is 13.8. The van der Waals surface area contributed by atoms with Crippen LogP contribution in [0.5, 0.6) is 0 Å². The van der Waals surface area contributed by atoms with Gasteiger partial charge in [-0.1, -0.05) is 37.3 Å². The van der Waals surface area contributed by atoms with Crippen LogP contribution in [0.25, 0.3) is 10.6 Å². The molecule has 1 N–H and O–H groups in total. The van der Waals surface area contributed by atoms with Gasteiger partial charge in [-0.25, -0.2) is 13.4 Å². The van der Waals surface area contributed by atoms with Crippen molar-refractivity contribution >= 4 is 49.6 Å². The van der Waals surface area contributed by atoms with Crippen molar-refractivity contribution in [1.29, 1.82) is 0 Å². The van der Waals surface area contributed by atoms with Crippen LogP contribution in [0.2, 0.25) is 0 Å². The molecule has 0 bridgehead atoms. The van der Waals surface area contributed by atoms with Crippen molar-refractivity contribution < 1.29 is 35.7 Å². The first-order valence-electron chi connectivity index (χ1n) is 12.7. The summed E-state index contributed by atoms with van der Waals surface area (Å²) in [5.74, 6) is -1.84. The number of anilines is 1. The third-order valence-corrected chi connectivity index (χ3v) is 11.2. The lowest BCUT2D eigenvalue weighted by atomic mass is 9.84. The number of amides is 2. The predicted molar refractivity (Wildman–Crippen MR) is 141 cm³/mol. The molecule has 16 heteroatoms. The Morgan fingerprint density at radius 2 is 1.98 bits per heavy atom. The Labute approximate surface area is 236 Å². The highest BCUT2D eigenvalue weighted by molar-refractivity contribution is 7.91. The molecule has 1 aliphatic carbocycles. The number of hydrogen-bond acceptors (Lipinski definition) is 9. The molecule has 0 unspecified atom stereocenters. The number of hydrogen-bond donors (Lipinski definition) is 1. The van der Waals surface area contributed by atoms with E-state index in [1.54, 1.807) is 11.6 Å². The fraction of sp³-hybridized carbons (Fsp3) is 0.500. The Kier molecular flexibility index (Phi) is 8.31. The topological polar surface area (TPSA) is 126 Å². The lowest BCUT2D eigenvalue weighted by Crippen LogP contribution is -2.58. The van der Waals surface area contributed by atoms with Gasteiger partial charge in [-0.15, -0.1) is 22.7 Å². The van der Waals surface area contributed by atoms with Crippen molar-refractivity contribution in [2.45, 2.75) is 55.0 Å². The molecule has 10 nitrogen and oxygen atoms in total. The van der Waals surface area contributed by atoms with Gasteiger partial charge in [0, 0.05) is 30.7 Å². The first-order chi connectivity index (χ1) is 19.0. The molecule has 0 radical (unpaired) electrons. The molecule has 40 heavy (non-hydrogen) atoms. The summed E-state index contributed by atoms with van der Waals surface area (Å²) in [4.78, 5) is 32.3. The molecule has 2 aliphatic rings. The number of carbonyl (C=O) groups excluding carboxylic acids is 2. The lowest BCUT2D eigenvalue weighted by molar-refractivity contribution is -0.155. The molecule has 216 valence electrons. The minimum absolute atomic E-state index is 0.0250. The van der Waals surface area contributed by atoms with Crippen molar-refractivity contribution in [2.75, 3.05) is 25.0 Å². The van der Waals surface area contributed by atoms with Gasteiger partial charge in [0.25, 0.3) is 10.0 Å². The smallest absolute Gasteiger partial charge is 0.351 e. The Balaban J connectivity index is 1.30. The van der Waals surface area contributed by atoms with Crippen LogP contribution >= 0.6 is 22.7 Å². The number of nitrogens with zero attached hydrogens (tertiary/aromatic N) is 4. The van der Waals surface area contributed by atoms with Crippen molar-refractivity contribution in [3.8, 4) is 10.6 Å². The van der Waals surface area contributed by atoms with E-state index < -0.39 is 40.5 Å². The molecule has 1 atom stereocenters. The van der Waals surface area contributed by atoms with Crippen LogP contribution in [0.15, 0.2) is 38.5 Å². The van der Waals surface area contributed by atoms with Gasteiger partial charge in [0.2, 0.25) is 17.6 Å². The van der Waals surface area contributed by atoms with Crippen molar-refractivity contribution in [2.24, 2.45) is 5.92 Å². The molecule has 2 fully saturated rings. The van der Waals surface area contributed by atoms with Crippen molar-refractivity contribution in [1.82, 2.24) is 19.3 Å². The second-order valence-electron chi connectivity index (χ2n) is 9.70. The number of thiazole rings is 1. The van der Waals surface area contributed by atoms with Gasteiger partial charge in [0.1, 0.15) is 15.9 Å². The highest BCUT2D eigenvalue weighted by Gasteiger charge is 2.40. The monoisotopic (exact) mass is 617 g/mol. The Hall–Kier alpha value is -2.82. The number of sulfonamides is 1. The lowest BCUT2D eigenvalue weighted by Gasteiger charge is -2.39. The number of piperazine rings is 1. The summed E-state index contributed by atoms with van der Waals surface area (Å²) in [5.41, 5.74) is -0.142. The number of halogens is 3. The van der Waals surface area contributed by atoms with E-state index in [-0.39, 0.29) is 39.7 Å². The van der Waals surface area contributed by atoms with Crippen LogP contribution in [0.4, 0.5) is 18.3 Å². The molecule has 3 aromatic heterocycles. The maximum absolute atomic E-state index is 13.3. The third-order valence-electron chi connectivity index (χ3n) is 7.06. The number of carbonyl (C=O) groups is 2. The third kappa shape index (κ3) is 6.24. The van der Waals surface area contributed by atoms with Crippen LogP contribution in [-0.4, -0.2) is 65.3 Å². The van der Waals surface area contributed by atoms with E-state index in [2.05, 4.69) is 20.0 Å². The highest BCUT2D eigenvalue weighted by Crippen LogP contribution is 2.36. The number of rotatable bonds is 8. The largest absolute Gasteiger partial charge is 0.452 e. The maximum Gasteiger partial charge on any atom is 0.452 e. The average molecular weight is 618 g/mol. The van der Waals surface area contributed by atoms with E-state index in [0.717, 1.165) is 47.7 Å². The molecular weight excluding hydrogens is 591 g/mol. The molecule has 5 rings (SSSR count). The standard InChI is InChI=1S/C24H26F3N5O5S3/c25-24(26,27)19-13-16(30-37-19)18-6-7-21(39-18)40(35,36)31-9-10-32(20(33)14-31)17(12-15-4-2-1-3-5-15)22(34)29-23-28-8-11-38-23/h6-8,11,13,15,17H,1-5,9-10,12,14H2,(H,28,29,34)/t17-/m0/s1. The zero-order chi connectivity index (χ0) is 28.5. The van der Waals surface area contributed by atoms with Gasteiger partial charge in [-0.3, -0.25) is 9.59 Å². The van der Waals surface area contributed by atoms with E-state index in [1.807, 2.05) is 0 Å². The minimum Gasteiger partial charge on any atom is -0.351 e. The number of aromatic nitrogens is 2. The Morgan fingerprint density at radius 3 is 2.62 bits per heavy atom. The summed E-state index contributed by atoms with van der Waals surface area (Å²) in [6.45, 7) is -0.462. The molecule has 4 heterocycles. The van der Waals surface area contributed by atoms with Crippen LogP contribution in [0, 0.1) is 5.92 Å². The molecular formula is C24H26F3N5O5S3. The summed E-state index contributed by atoms with van der Waals surface area (Å²) in [7, 11) is -4.13. The second kappa shape index (κ2) is 11.6.